The SMILES string of the molecule is Nc1cc(-c2cc3n(c(=O)c2)C[C@H]2C[C@@H]3CN(C(=O)c3cncs3)C2)ncn1. The van der Waals surface area contributed by atoms with Crippen molar-refractivity contribution < 1.29 is 4.79 Å². The predicted molar refractivity (Wildman–Crippen MR) is 105 cm³/mol. The van der Waals surface area contributed by atoms with E-state index in [-0.39, 0.29) is 23.3 Å². The number of rotatable bonds is 2. The van der Waals surface area contributed by atoms with Gasteiger partial charge in [-0.1, -0.05) is 0 Å². The van der Waals surface area contributed by atoms with Gasteiger partial charge in [0.1, 0.15) is 17.0 Å². The van der Waals surface area contributed by atoms with Crippen LogP contribution >= 0.6 is 11.3 Å². The van der Waals surface area contributed by atoms with Gasteiger partial charge in [-0.2, -0.15) is 0 Å². The Morgan fingerprint density at radius 3 is 2.86 bits per heavy atom. The first kappa shape index (κ1) is 17.1. The average molecular weight is 394 g/mol. The van der Waals surface area contributed by atoms with Crippen LogP contribution in [0.2, 0.25) is 0 Å². The van der Waals surface area contributed by atoms with E-state index < -0.39 is 0 Å². The van der Waals surface area contributed by atoms with E-state index in [1.807, 2.05) is 15.5 Å². The van der Waals surface area contributed by atoms with Crippen LogP contribution < -0.4 is 11.3 Å². The number of anilines is 1. The molecule has 3 aromatic rings. The number of carbonyl (C=O) groups is 1. The summed E-state index contributed by atoms with van der Waals surface area (Å²) < 4.78 is 1.85. The molecular formula is C19H18N6O2S. The lowest BCUT2D eigenvalue weighted by molar-refractivity contribution is 0.0599. The first-order chi connectivity index (χ1) is 13.6. The third kappa shape index (κ3) is 2.88. The van der Waals surface area contributed by atoms with Crippen LogP contribution in [-0.4, -0.2) is 43.4 Å². The highest BCUT2D eigenvalue weighted by molar-refractivity contribution is 7.11. The van der Waals surface area contributed by atoms with Crippen LogP contribution in [0, 0.1) is 5.92 Å². The first-order valence-electron chi connectivity index (χ1n) is 9.09. The van der Waals surface area contributed by atoms with Crippen molar-refractivity contribution in [3.05, 3.63) is 57.2 Å². The summed E-state index contributed by atoms with van der Waals surface area (Å²) in [5.74, 6) is 0.784. The molecule has 0 aliphatic carbocycles. The molecule has 0 saturated carbocycles. The Bertz CT molecular complexity index is 1110. The molecular weight excluding hydrogens is 376 g/mol. The minimum atomic E-state index is -0.0402. The minimum absolute atomic E-state index is 0.0210. The van der Waals surface area contributed by atoms with Gasteiger partial charge in [0.05, 0.1) is 17.4 Å². The van der Waals surface area contributed by atoms with E-state index in [2.05, 4.69) is 15.0 Å². The summed E-state index contributed by atoms with van der Waals surface area (Å²) in [4.78, 5) is 40.3. The highest BCUT2D eigenvalue weighted by Crippen LogP contribution is 2.37. The van der Waals surface area contributed by atoms with Crippen molar-refractivity contribution in [1.29, 1.82) is 0 Å². The van der Waals surface area contributed by atoms with Crippen LogP contribution in [0.1, 0.15) is 27.7 Å². The maximum absolute atomic E-state index is 12.8. The molecule has 3 aromatic heterocycles. The Balaban J connectivity index is 1.51. The Morgan fingerprint density at radius 1 is 1.18 bits per heavy atom. The predicted octanol–water partition coefficient (Wildman–Crippen LogP) is 1.60. The number of hydrogen-bond acceptors (Lipinski definition) is 7. The summed E-state index contributed by atoms with van der Waals surface area (Å²) in [7, 11) is 0. The lowest BCUT2D eigenvalue weighted by atomic mass is 9.82. The molecule has 8 nitrogen and oxygen atoms in total. The molecule has 0 aromatic carbocycles. The molecule has 28 heavy (non-hydrogen) atoms. The number of hydrogen-bond donors (Lipinski definition) is 1. The van der Waals surface area contributed by atoms with E-state index in [0.717, 1.165) is 17.7 Å². The summed E-state index contributed by atoms with van der Waals surface area (Å²) >= 11 is 1.36. The van der Waals surface area contributed by atoms with E-state index in [4.69, 9.17) is 5.73 Å². The summed E-state index contributed by atoms with van der Waals surface area (Å²) in [6.07, 6.45) is 3.99. The number of aromatic nitrogens is 4. The molecule has 1 saturated heterocycles. The molecule has 2 aliphatic heterocycles. The smallest absolute Gasteiger partial charge is 0.265 e. The Kier molecular flexibility index (Phi) is 3.97. The van der Waals surface area contributed by atoms with Gasteiger partial charge in [0, 0.05) is 48.9 Å². The summed E-state index contributed by atoms with van der Waals surface area (Å²) in [5, 5.41) is 0. The topological polar surface area (TPSA) is 107 Å². The summed E-state index contributed by atoms with van der Waals surface area (Å²) in [5.41, 5.74) is 9.72. The van der Waals surface area contributed by atoms with Crippen molar-refractivity contribution in [2.75, 3.05) is 18.8 Å². The molecule has 0 unspecified atom stereocenters. The summed E-state index contributed by atoms with van der Waals surface area (Å²) in [6.45, 7) is 1.90. The second-order valence-electron chi connectivity index (χ2n) is 7.32. The second kappa shape index (κ2) is 6.52. The lowest BCUT2D eigenvalue weighted by Gasteiger charge is -2.42. The van der Waals surface area contributed by atoms with Crippen molar-refractivity contribution >= 4 is 23.1 Å². The molecule has 9 heteroatoms. The zero-order valence-electron chi connectivity index (χ0n) is 15.0. The molecule has 142 valence electrons. The zero-order chi connectivity index (χ0) is 19.3. The number of amides is 1. The van der Waals surface area contributed by atoms with Crippen LogP contribution in [0.5, 0.6) is 0 Å². The molecule has 2 atom stereocenters. The van der Waals surface area contributed by atoms with E-state index in [1.165, 1.54) is 17.7 Å². The number of piperidine rings is 1. The summed E-state index contributed by atoms with van der Waals surface area (Å²) in [6, 6.07) is 5.27. The van der Waals surface area contributed by atoms with Crippen molar-refractivity contribution in [3.8, 4) is 11.3 Å². The third-order valence-electron chi connectivity index (χ3n) is 5.47. The normalized spacial score (nSPS) is 20.6. The van der Waals surface area contributed by atoms with Crippen molar-refractivity contribution in [2.24, 2.45) is 5.92 Å². The van der Waals surface area contributed by atoms with Gasteiger partial charge in [-0.15, -0.1) is 11.3 Å². The molecule has 2 bridgehead atoms. The fraction of sp³-hybridized carbons (Fsp3) is 0.316. The molecule has 2 N–H and O–H groups in total. The van der Waals surface area contributed by atoms with Crippen LogP contribution in [-0.2, 0) is 6.54 Å². The fourth-order valence-corrected chi connectivity index (χ4v) is 4.87. The molecule has 0 radical (unpaired) electrons. The molecule has 2 aliphatic rings. The van der Waals surface area contributed by atoms with Gasteiger partial charge in [-0.3, -0.25) is 14.6 Å². The number of nitrogens with zero attached hydrogens (tertiary/aromatic N) is 5. The zero-order valence-corrected chi connectivity index (χ0v) is 15.8. The largest absolute Gasteiger partial charge is 0.384 e. The number of thiazole rings is 1. The number of carbonyl (C=O) groups excluding carboxylic acids is 1. The van der Waals surface area contributed by atoms with Crippen molar-refractivity contribution in [2.45, 2.75) is 18.9 Å². The fourth-order valence-electron chi connectivity index (χ4n) is 4.28. The van der Waals surface area contributed by atoms with Crippen LogP contribution in [0.3, 0.4) is 0 Å². The van der Waals surface area contributed by atoms with Crippen LogP contribution in [0.15, 0.2) is 41.0 Å². The third-order valence-corrected chi connectivity index (χ3v) is 6.23. The number of nitrogen functional groups attached to an aromatic ring is 1. The molecule has 0 spiro atoms. The average Bonchev–Trinajstić information content (AvgIpc) is 3.23. The van der Waals surface area contributed by atoms with E-state index in [0.29, 0.717) is 36.0 Å². The van der Waals surface area contributed by atoms with Gasteiger partial charge >= 0.3 is 0 Å². The number of likely N-dealkylation sites (tertiary alicyclic amines) is 1. The number of pyridine rings is 1. The van der Waals surface area contributed by atoms with Gasteiger partial charge in [0.2, 0.25) is 0 Å². The second-order valence-corrected chi connectivity index (χ2v) is 8.21. The van der Waals surface area contributed by atoms with Gasteiger partial charge in [-0.05, 0) is 18.4 Å². The van der Waals surface area contributed by atoms with Crippen LogP contribution in [0.25, 0.3) is 11.3 Å². The van der Waals surface area contributed by atoms with Crippen molar-refractivity contribution in [3.63, 3.8) is 0 Å². The van der Waals surface area contributed by atoms with Gasteiger partial charge in [0.25, 0.3) is 11.5 Å². The standard InChI is InChI=1S/C19H18N6O2S/c20-17-4-14(22-9-23-17)12-2-15-13-1-11(7-25(15)18(26)3-12)6-24(8-13)19(27)16-5-21-10-28-16/h2-5,9-11,13H,1,6-8H2,(H2,20,22,23)/t11-,13+/m0/s1. The molecule has 5 rings (SSSR count). The highest BCUT2D eigenvalue weighted by atomic mass is 32.1. The maximum Gasteiger partial charge on any atom is 0.265 e. The lowest BCUT2D eigenvalue weighted by Crippen LogP contribution is -2.49. The van der Waals surface area contributed by atoms with E-state index >= 15 is 0 Å². The van der Waals surface area contributed by atoms with E-state index in [9.17, 15) is 9.59 Å². The Labute approximate surface area is 164 Å². The van der Waals surface area contributed by atoms with Crippen molar-refractivity contribution in [1.82, 2.24) is 24.4 Å². The molecule has 1 amide bonds. The van der Waals surface area contributed by atoms with Gasteiger partial charge in [0.15, 0.2) is 0 Å². The van der Waals surface area contributed by atoms with Gasteiger partial charge < -0.3 is 15.2 Å². The number of fused-ring (bicyclic) bond motifs is 4. The highest BCUT2D eigenvalue weighted by Gasteiger charge is 2.37. The monoisotopic (exact) mass is 394 g/mol. The van der Waals surface area contributed by atoms with Crippen LogP contribution in [0.4, 0.5) is 5.82 Å². The quantitative estimate of drug-likeness (QED) is 0.708. The maximum atomic E-state index is 12.8. The van der Waals surface area contributed by atoms with E-state index in [1.54, 1.807) is 23.8 Å². The molecule has 5 heterocycles. The first-order valence-corrected chi connectivity index (χ1v) is 9.97. The number of nitrogens with two attached hydrogens (primary N) is 1. The minimum Gasteiger partial charge on any atom is -0.384 e. The Hall–Kier alpha value is -3.07. The van der Waals surface area contributed by atoms with Gasteiger partial charge in [-0.25, -0.2) is 9.97 Å². The Morgan fingerprint density at radius 2 is 2.07 bits per heavy atom. The molecule has 1 fully saturated rings.